The van der Waals surface area contributed by atoms with E-state index in [-0.39, 0.29) is 0 Å². The lowest BCUT2D eigenvalue weighted by atomic mass is 10.2. The number of hydrogen-bond donors (Lipinski definition) is 1. The minimum Gasteiger partial charge on any atom is -0.494 e. The Labute approximate surface area is 120 Å². The molecule has 0 aliphatic carbocycles. The van der Waals surface area contributed by atoms with E-state index >= 15 is 0 Å². The summed E-state index contributed by atoms with van der Waals surface area (Å²) in [5, 5.41) is 6.13. The molecule has 1 heterocycles. The Morgan fingerprint density at radius 1 is 1.35 bits per heavy atom. The molecule has 0 saturated heterocycles. The highest BCUT2D eigenvalue weighted by molar-refractivity contribution is 9.11. The molecule has 2 aromatic rings. The Morgan fingerprint density at radius 3 is 2.59 bits per heavy atom. The highest BCUT2D eigenvalue weighted by Crippen LogP contribution is 2.34. The van der Waals surface area contributed by atoms with E-state index in [1.165, 1.54) is 0 Å². The fraction of sp³-hybridized carbons (Fsp3) is 0.182. The topological polar surface area (TPSA) is 34.1 Å². The van der Waals surface area contributed by atoms with Crippen LogP contribution in [0.15, 0.2) is 32.7 Å². The highest BCUT2D eigenvalue weighted by Gasteiger charge is 2.07. The second kappa shape index (κ2) is 5.84. The van der Waals surface area contributed by atoms with Gasteiger partial charge in [-0.2, -0.15) is 0 Å². The van der Waals surface area contributed by atoms with Crippen molar-refractivity contribution >= 4 is 48.3 Å². The largest absolute Gasteiger partial charge is 0.494 e. The van der Waals surface area contributed by atoms with Crippen LogP contribution >= 0.6 is 43.2 Å². The first kappa shape index (κ1) is 12.9. The van der Waals surface area contributed by atoms with E-state index in [9.17, 15) is 0 Å². The summed E-state index contributed by atoms with van der Waals surface area (Å²) in [6, 6.07) is 4.06. The summed E-state index contributed by atoms with van der Waals surface area (Å²) < 4.78 is 7.13. The van der Waals surface area contributed by atoms with E-state index in [1.54, 1.807) is 24.6 Å². The van der Waals surface area contributed by atoms with Gasteiger partial charge in [-0.25, -0.2) is 4.98 Å². The maximum absolute atomic E-state index is 5.26. The SMILES string of the molecule is COc1c(Br)cc(CNc2nccs2)cc1Br. The molecule has 0 atom stereocenters. The van der Waals surface area contributed by atoms with Crippen LogP contribution in [0.1, 0.15) is 5.56 Å². The number of anilines is 1. The molecule has 90 valence electrons. The van der Waals surface area contributed by atoms with Crippen LogP contribution in [0.25, 0.3) is 0 Å². The van der Waals surface area contributed by atoms with Gasteiger partial charge in [-0.05, 0) is 49.6 Å². The molecule has 0 spiro atoms. The van der Waals surface area contributed by atoms with Crippen LogP contribution in [-0.2, 0) is 6.54 Å². The maximum Gasteiger partial charge on any atom is 0.182 e. The zero-order chi connectivity index (χ0) is 12.3. The monoisotopic (exact) mass is 376 g/mol. The molecule has 0 fully saturated rings. The van der Waals surface area contributed by atoms with Crippen LogP contribution in [0.3, 0.4) is 0 Å². The summed E-state index contributed by atoms with van der Waals surface area (Å²) in [5.41, 5.74) is 1.15. The van der Waals surface area contributed by atoms with Crippen molar-refractivity contribution < 1.29 is 4.74 Å². The number of ether oxygens (including phenoxy) is 1. The quantitative estimate of drug-likeness (QED) is 0.862. The summed E-state index contributed by atoms with van der Waals surface area (Å²) in [5.74, 6) is 0.808. The lowest BCUT2D eigenvalue weighted by Gasteiger charge is -2.09. The van der Waals surface area contributed by atoms with Crippen LogP contribution in [0.5, 0.6) is 5.75 Å². The summed E-state index contributed by atoms with van der Waals surface area (Å²) in [6.07, 6.45) is 1.78. The van der Waals surface area contributed by atoms with Crippen LogP contribution in [0.4, 0.5) is 5.13 Å². The van der Waals surface area contributed by atoms with Gasteiger partial charge in [0.15, 0.2) is 5.13 Å². The molecular formula is C11H10Br2N2OS. The van der Waals surface area contributed by atoms with Crippen molar-refractivity contribution in [3.63, 3.8) is 0 Å². The number of nitrogens with one attached hydrogen (secondary N) is 1. The van der Waals surface area contributed by atoms with Crippen molar-refractivity contribution in [2.24, 2.45) is 0 Å². The van der Waals surface area contributed by atoms with E-state index in [1.807, 2.05) is 17.5 Å². The normalized spacial score (nSPS) is 10.3. The molecule has 1 aromatic carbocycles. The first-order valence-corrected chi connectivity index (χ1v) is 7.32. The first-order valence-electron chi connectivity index (χ1n) is 4.86. The predicted molar refractivity (Wildman–Crippen MR) is 77.8 cm³/mol. The van der Waals surface area contributed by atoms with Gasteiger partial charge in [-0.3, -0.25) is 0 Å². The molecule has 1 aromatic heterocycles. The molecule has 3 nitrogen and oxygen atoms in total. The number of benzene rings is 1. The van der Waals surface area contributed by atoms with Crippen LogP contribution in [-0.4, -0.2) is 12.1 Å². The molecule has 0 aliphatic heterocycles. The van der Waals surface area contributed by atoms with E-state index < -0.39 is 0 Å². The maximum atomic E-state index is 5.26. The van der Waals surface area contributed by atoms with E-state index in [2.05, 4.69) is 42.2 Å². The third-order valence-electron chi connectivity index (χ3n) is 2.14. The van der Waals surface area contributed by atoms with Gasteiger partial charge in [0.1, 0.15) is 5.75 Å². The van der Waals surface area contributed by atoms with E-state index in [4.69, 9.17) is 4.74 Å². The summed E-state index contributed by atoms with van der Waals surface area (Å²) in [4.78, 5) is 4.17. The molecular weight excluding hydrogens is 368 g/mol. The lowest BCUT2D eigenvalue weighted by Crippen LogP contribution is -1.99. The molecule has 17 heavy (non-hydrogen) atoms. The van der Waals surface area contributed by atoms with E-state index in [0.717, 1.165) is 31.9 Å². The van der Waals surface area contributed by atoms with Crippen molar-refractivity contribution in [3.05, 3.63) is 38.2 Å². The second-order valence-corrected chi connectivity index (χ2v) is 5.89. The lowest BCUT2D eigenvalue weighted by molar-refractivity contribution is 0.409. The minimum absolute atomic E-state index is 0.731. The average molecular weight is 378 g/mol. The Hall–Kier alpha value is -0.590. The molecule has 0 amide bonds. The molecule has 0 unspecified atom stereocenters. The highest BCUT2D eigenvalue weighted by atomic mass is 79.9. The summed E-state index contributed by atoms with van der Waals surface area (Å²) in [6.45, 7) is 0.731. The standard InChI is InChI=1S/C11H10Br2N2OS/c1-16-10-8(12)4-7(5-9(10)13)6-15-11-14-2-3-17-11/h2-5H,6H2,1H3,(H,14,15). The van der Waals surface area contributed by atoms with Crippen LogP contribution in [0, 0.1) is 0 Å². The minimum atomic E-state index is 0.731. The molecule has 1 N–H and O–H groups in total. The molecule has 0 saturated carbocycles. The number of methoxy groups -OCH3 is 1. The third kappa shape index (κ3) is 3.20. The Bertz CT molecular complexity index is 479. The number of halogens is 2. The molecule has 0 radical (unpaired) electrons. The molecule has 0 bridgehead atoms. The Balaban J connectivity index is 2.12. The molecule has 0 aliphatic rings. The number of aromatic nitrogens is 1. The van der Waals surface area contributed by atoms with Crippen LogP contribution in [0.2, 0.25) is 0 Å². The third-order valence-corrected chi connectivity index (χ3v) is 4.05. The van der Waals surface area contributed by atoms with Gasteiger partial charge in [-0.1, -0.05) is 0 Å². The smallest absolute Gasteiger partial charge is 0.182 e. The average Bonchev–Trinajstić information content (AvgIpc) is 2.79. The van der Waals surface area contributed by atoms with Gasteiger partial charge < -0.3 is 10.1 Å². The fourth-order valence-electron chi connectivity index (χ4n) is 1.40. The molecule has 6 heteroatoms. The predicted octanol–water partition coefficient (Wildman–Crippen LogP) is 4.29. The number of rotatable bonds is 4. The zero-order valence-electron chi connectivity index (χ0n) is 9.04. The number of hydrogen-bond acceptors (Lipinski definition) is 4. The second-order valence-electron chi connectivity index (χ2n) is 3.28. The number of thiazole rings is 1. The van der Waals surface area contributed by atoms with Crippen molar-refractivity contribution in [2.75, 3.05) is 12.4 Å². The van der Waals surface area contributed by atoms with Gasteiger partial charge in [0.05, 0.1) is 16.1 Å². The summed E-state index contributed by atoms with van der Waals surface area (Å²) in [7, 11) is 1.65. The van der Waals surface area contributed by atoms with Crippen molar-refractivity contribution in [1.29, 1.82) is 0 Å². The van der Waals surface area contributed by atoms with Crippen molar-refractivity contribution in [3.8, 4) is 5.75 Å². The Morgan fingerprint density at radius 2 is 2.06 bits per heavy atom. The molecule has 2 rings (SSSR count). The van der Waals surface area contributed by atoms with Gasteiger partial charge in [0.25, 0.3) is 0 Å². The van der Waals surface area contributed by atoms with Gasteiger partial charge in [-0.15, -0.1) is 11.3 Å². The first-order chi connectivity index (χ1) is 8.20. The zero-order valence-corrected chi connectivity index (χ0v) is 13.0. The Kier molecular flexibility index (Phi) is 4.42. The van der Waals surface area contributed by atoms with Gasteiger partial charge >= 0.3 is 0 Å². The van der Waals surface area contributed by atoms with Crippen molar-refractivity contribution in [1.82, 2.24) is 4.98 Å². The van der Waals surface area contributed by atoms with Gasteiger partial charge in [0.2, 0.25) is 0 Å². The van der Waals surface area contributed by atoms with Crippen LogP contribution < -0.4 is 10.1 Å². The van der Waals surface area contributed by atoms with E-state index in [0.29, 0.717) is 0 Å². The van der Waals surface area contributed by atoms with Gasteiger partial charge in [0, 0.05) is 18.1 Å². The summed E-state index contributed by atoms with van der Waals surface area (Å²) >= 11 is 8.55. The number of nitrogens with zero attached hydrogens (tertiary/aromatic N) is 1. The van der Waals surface area contributed by atoms with Crippen molar-refractivity contribution in [2.45, 2.75) is 6.54 Å². The fourth-order valence-corrected chi connectivity index (χ4v) is 3.53.